The highest BCUT2D eigenvalue weighted by Gasteiger charge is 2.26. The molecule has 0 saturated carbocycles. The summed E-state index contributed by atoms with van der Waals surface area (Å²) in [5.74, 6) is -0.0796. The molecule has 1 unspecified atom stereocenters. The predicted molar refractivity (Wildman–Crippen MR) is 86.2 cm³/mol. The van der Waals surface area contributed by atoms with Gasteiger partial charge in [0.25, 0.3) is 5.91 Å². The Morgan fingerprint density at radius 1 is 1.33 bits per heavy atom. The minimum atomic E-state index is -0.0837. The summed E-state index contributed by atoms with van der Waals surface area (Å²) in [6.07, 6.45) is 0.562. The van der Waals surface area contributed by atoms with Crippen LogP contribution < -0.4 is 5.32 Å². The summed E-state index contributed by atoms with van der Waals surface area (Å²) in [5.41, 5.74) is 1.70. The van der Waals surface area contributed by atoms with Crippen molar-refractivity contribution in [2.45, 2.75) is 39.8 Å². The van der Waals surface area contributed by atoms with E-state index in [-0.39, 0.29) is 24.0 Å². The zero-order valence-corrected chi connectivity index (χ0v) is 13.8. The van der Waals surface area contributed by atoms with Gasteiger partial charge < -0.3 is 15.3 Å². The van der Waals surface area contributed by atoms with Crippen LogP contribution in [0.1, 0.15) is 43.1 Å². The van der Waals surface area contributed by atoms with Gasteiger partial charge in [-0.25, -0.2) is 0 Å². The Kier molecular flexibility index (Phi) is 6.37. The zero-order chi connectivity index (χ0) is 16.0. The number of amides is 1. The monoisotopic (exact) mass is 292 g/mol. The number of carbonyl (C=O) groups is 1. The first kappa shape index (κ1) is 17.7. The molecule has 0 fully saturated rings. The van der Waals surface area contributed by atoms with Gasteiger partial charge in [-0.05, 0) is 43.6 Å². The quantitative estimate of drug-likeness (QED) is 0.846. The Labute approximate surface area is 128 Å². The molecule has 118 valence electrons. The summed E-state index contributed by atoms with van der Waals surface area (Å²) in [5, 5.41) is 12.2. The van der Waals surface area contributed by atoms with Crippen LogP contribution in [0, 0.1) is 5.41 Å². The van der Waals surface area contributed by atoms with Gasteiger partial charge in [0, 0.05) is 24.8 Å². The van der Waals surface area contributed by atoms with Crippen LogP contribution in [0.15, 0.2) is 24.3 Å². The molecule has 4 heteroatoms. The summed E-state index contributed by atoms with van der Waals surface area (Å²) in [7, 11) is 4.01. The summed E-state index contributed by atoms with van der Waals surface area (Å²) < 4.78 is 0. The molecule has 0 bridgehead atoms. The summed E-state index contributed by atoms with van der Waals surface area (Å²) in [4.78, 5) is 14.5. The van der Waals surface area contributed by atoms with Gasteiger partial charge in [0.15, 0.2) is 0 Å². The minimum Gasteiger partial charge on any atom is -0.396 e. The molecule has 1 aromatic carbocycles. The molecule has 0 radical (unpaired) electrons. The third-order valence-electron chi connectivity index (χ3n) is 3.46. The van der Waals surface area contributed by atoms with E-state index >= 15 is 0 Å². The average molecular weight is 292 g/mol. The van der Waals surface area contributed by atoms with E-state index in [9.17, 15) is 4.79 Å². The number of nitrogens with zero attached hydrogens (tertiary/aromatic N) is 1. The van der Waals surface area contributed by atoms with Crippen LogP contribution in [-0.2, 0) is 6.54 Å². The Balaban J connectivity index is 2.82. The van der Waals surface area contributed by atoms with Crippen molar-refractivity contribution >= 4 is 5.91 Å². The van der Waals surface area contributed by atoms with E-state index in [1.165, 1.54) is 0 Å². The zero-order valence-electron chi connectivity index (χ0n) is 13.8. The van der Waals surface area contributed by atoms with Gasteiger partial charge in [-0.1, -0.05) is 32.9 Å². The van der Waals surface area contributed by atoms with E-state index in [1.54, 1.807) is 0 Å². The fourth-order valence-corrected chi connectivity index (χ4v) is 2.27. The van der Waals surface area contributed by atoms with Crippen LogP contribution in [0.25, 0.3) is 0 Å². The molecule has 1 amide bonds. The lowest BCUT2D eigenvalue weighted by Crippen LogP contribution is -2.44. The van der Waals surface area contributed by atoms with Gasteiger partial charge in [0.1, 0.15) is 0 Å². The van der Waals surface area contributed by atoms with Crippen molar-refractivity contribution in [2.24, 2.45) is 5.41 Å². The highest BCUT2D eigenvalue weighted by atomic mass is 16.3. The molecular weight excluding hydrogens is 264 g/mol. The molecule has 0 aliphatic heterocycles. The van der Waals surface area contributed by atoms with Gasteiger partial charge in [-0.15, -0.1) is 0 Å². The van der Waals surface area contributed by atoms with Crippen molar-refractivity contribution in [2.75, 3.05) is 20.7 Å². The van der Waals surface area contributed by atoms with Crippen LogP contribution in [0.2, 0.25) is 0 Å². The molecular formula is C17H28N2O2. The molecule has 0 aromatic heterocycles. The summed E-state index contributed by atoms with van der Waals surface area (Å²) in [6.45, 7) is 7.07. The fraction of sp³-hybridized carbons (Fsp3) is 0.588. The van der Waals surface area contributed by atoms with Crippen LogP contribution in [0.5, 0.6) is 0 Å². The molecule has 1 aromatic rings. The number of benzene rings is 1. The van der Waals surface area contributed by atoms with Crippen LogP contribution in [0.3, 0.4) is 0 Å². The van der Waals surface area contributed by atoms with E-state index < -0.39 is 0 Å². The van der Waals surface area contributed by atoms with Gasteiger partial charge in [0.2, 0.25) is 0 Å². The second-order valence-corrected chi connectivity index (χ2v) is 6.84. The van der Waals surface area contributed by atoms with E-state index in [4.69, 9.17) is 5.11 Å². The maximum Gasteiger partial charge on any atom is 0.251 e. The highest BCUT2D eigenvalue weighted by molar-refractivity contribution is 5.94. The standard InChI is InChI=1S/C17H28N2O2/c1-17(2,3)15(9-10-20)18-16(21)14-8-6-7-13(11-14)12-19(4)5/h6-8,11,15,20H,9-10,12H2,1-5H3,(H,18,21). The Hall–Kier alpha value is -1.39. The minimum absolute atomic E-state index is 0.0486. The molecule has 0 spiro atoms. The maximum absolute atomic E-state index is 12.4. The van der Waals surface area contributed by atoms with Crippen LogP contribution >= 0.6 is 0 Å². The first-order chi connectivity index (χ1) is 9.74. The lowest BCUT2D eigenvalue weighted by Gasteiger charge is -2.31. The number of rotatable bonds is 6. The third-order valence-corrected chi connectivity index (χ3v) is 3.46. The molecule has 2 N–H and O–H groups in total. The van der Waals surface area contributed by atoms with Crippen molar-refractivity contribution in [3.8, 4) is 0 Å². The number of hydrogen-bond acceptors (Lipinski definition) is 3. The van der Waals surface area contributed by atoms with Crippen molar-refractivity contribution in [3.05, 3.63) is 35.4 Å². The third kappa shape index (κ3) is 5.86. The number of carbonyl (C=O) groups excluding carboxylic acids is 1. The number of aliphatic hydroxyl groups excluding tert-OH is 1. The molecule has 4 nitrogen and oxygen atoms in total. The lowest BCUT2D eigenvalue weighted by molar-refractivity contribution is 0.0885. The van der Waals surface area contributed by atoms with E-state index in [1.807, 2.05) is 38.4 Å². The van der Waals surface area contributed by atoms with Crippen molar-refractivity contribution in [1.82, 2.24) is 10.2 Å². The number of nitrogens with one attached hydrogen (secondary N) is 1. The Bertz CT molecular complexity index is 464. The van der Waals surface area contributed by atoms with Crippen LogP contribution in [-0.4, -0.2) is 42.7 Å². The largest absolute Gasteiger partial charge is 0.396 e. The first-order valence-electron chi connectivity index (χ1n) is 7.39. The molecule has 0 aliphatic rings. The summed E-state index contributed by atoms with van der Waals surface area (Å²) in [6, 6.07) is 7.63. The van der Waals surface area contributed by atoms with E-state index in [0.29, 0.717) is 12.0 Å². The predicted octanol–water partition coefficient (Wildman–Crippen LogP) is 2.28. The molecule has 21 heavy (non-hydrogen) atoms. The number of aliphatic hydroxyl groups is 1. The van der Waals surface area contributed by atoms with Gasteiger partial charge in [-0.3, -0.25) is 4.79 Å². The van der Waals surface area contributed by atoms with Crippen molar-refractivity contribution < 1.29 is 9.90 Å². The Morgan fingerprint density at radius 2 is 2.00 bits per heavy atom. The molecule has 0 saturated heterocycles. The highest BCUT2D eigenvalue weighted by Crippen LogP contribution is 2.22. The van der Waals surface area contributed by atoms with Gasteiger partial charge in [0.05, 0.1) is 0 Å². The lowest BCUT2D eigenvalue weighted by atomic mass is 9.84. The second-order valence-electron chi connectivity index (χ2n) is 6.84. The maximum atomic E-state index is 12.4. The van der Waals surface area contributed by atoms with E-state index in [0.717, 1.165) is 12.1 Å². The van der Waals surface area contributed by atoms with Crippen LogP contribution in [0.4, 0.5) is 0 Å². The van der Waals surface area contributed by atoms with E-state index in [2.05, 4.69) is 31.0 Å². The van der Waals surface area contributed by atoms with Crippen molar-refractivity contribution in [3.63, 3.8) is 0 Å². The molecule has 1 atom stereocenters. The molecule has 1 rings (SSSR count). The summed E-state index contributed by atoms with van der Waals surface area (Å²) >= 11 is 0. The van der Waals surface area contributed by atoms with Crippen molar-refractivity contribution in [1.29, 1.82) is 0 Å². The molecule has 0 heterocycles. The topological polar surface area (TPSA) is 52.6 Å². The van der Waals surface area contributed by atoms with Gasteiger partial charge in [-0.2, -0.15) is 0 Å². The smallest absolute Gasteiger partial charge is 0.251 e. The normalized spacial score (nSPS) is 13.3. The average Bonchev–Trinajstić information content (AvgIpc) is 2.36. The molecule has 0 aliphatic carbocycles. The first-order valence-corrected chi connectivity index (χ1v) is 7.39. The number of hydrogen-bond donors (Lipinski definition) is 2. The second kappa shape index (κ2) is 7.57. The van der Waals surface area contributed by atoms with Gasteiger partial charge >= 0.3 is 0 Å². The Morgan fingerprint density at radius 3 is 2.52 bits per heavy atom. The SMILES string of the molecule is CN(C)Cc1cccc(C(=O)NC(CCO)C(C)(C)C)c1. The fourth-order valence-electron chi connectivity index (χ4n) is 2.27.